The third-order valence-corrected chi connectivity index (χ3v) is 8.94. The van der Waals surface area contributed by atoms with E-state index in [1.54, 1.807) is 24.3 Å². The molecule has 14 heteroatoms. The molecule has 0 radical (unpaired) electrons. The topological polar surface area (TPSA) is 67.7 Å². The summed E-state index contributed by atoms with van der Waals surface area (Å²) >= 11 is 0.838. The standard InChI is InChI=1S/C29H26F6N4O3S/c30-28(31,32)20-5-4-18(23(12-20)29(33,34)35)14-39-24-6-3-17(10-19(24)13-36-39)11-25-26(40)38(27(41)43-25)9-7-22-15-37-8-1-2-21(37)16-42-22/h3-6,10-13,21-22H,1-2,7-9,14-16H2. The highest BCUT2D eigenvalue weighted by molar-refractivity contribution is 8.18. The smallest absolute Gasteiger partial charge is 0.375 e. The van der Waals surface area contributed by atoms with E-state index in [-0.39, 0.29) is 34.4 Å². The molecule has 2 atom stereocenters. The van der Waals surface area contributed by atoms with Crippen LogP contribution in [0.15, 0.2) is 47.5 Å². The van der Waals surface area contributed by atoms with Crippen molar-refractivity contribution in [1.82, 2.24) is 19.6 Å². The largest absolute Gasteiger partial charge is 0.416 e. The Kier molecular flexibility index (Phi) is 7.80. The van der Waals surface area contributed by atoms with Crippen LogP contribution in [-0.2, 0) is 28.4 Å². The molecule has 228 valence electrons. The van der Waals surface area contributed by atoms with Crippen LogP contribution in [0.2, 0.25) is 0 Å². The van der Waals surface area contributed by atoms with Crippen molar-refractivity contribution in [1.29, 1.82) is 0 Å². The first-order chi connectivity index (χ1) is 20.4. The van der Waals surface area contributed by atoms with Crippen LogP contribution >= 0.6 is 11.8 Å². The molecule has 3 fully saturated rings. The summed E-state index contributed by atoms with van der Waals surface area (Å²) in [6.45, 7) is 2.35. The average Bonchev–Trinajstić information content (AvgIpc) is 3.64. The molecule has 0 saturated carbocycles. The molecule has 3 aliphatic heterocycles. The molecule has 2 unspecified atom stereocenters. The fraction of sp³-hybridized carbons (Fsp3) is 0.414. The molecule has 0 N–H and O–H groups in total. The Labute approximate surface area is 246 Å². The maximum atomic E-state index is 13.6. The number of halogens is 6. The quantitative estimate of drug-likeness (QED) is 0.233. The number of rotatable bonds is 6. The molecule has 7 nitrogen and oxygen atoms in total. The molecule has 4 heterocycles. The number of ether oxygens (including phenoxy) is 1. The number of alkyl halides is 6. The molecule has 0 spiro atoms. The molecule has 6 rings (SSSR count). The first-order valence-electron chi connectivity index (χ1n) is 13.7. The van der Waals surface area contributed by atoms with E-state index >= 15 is 0 Å². The summed E-state index contributed by atoms with van der Waals surface area (Å²) in [5.74, 6) is -0.400. The van der Waals surface area contributed by atoms with E-state index in [0.717, 1.165) is 43.8 Å². The number of morpholine rings is 1. The summed E-state index contributed by atoms with van der Waals surface area (Å²) in [5, 5.41) is 4.32. The van der Waals surface area contributed by atoms with Gasteiger partial charge < -0.3 is 4.74 Å². The van der Waals surface area contributed by atoms with E-state index in [4.69, 9.17) is 4.74 Å². The Morgan fingerprint density at radius 1 is 1.05 bits per heavy atom. The van der Waals surface area contributed by atoms with Gasteiger partial charge in [-0.1, -0.05) is 12.1 Å². The third-order valence-electron chi connectivity index (χ3n) is 8.04. The lowest BCUT2D eigenvalue weighted by Crippen LogP contribution is -2.47. The Bertz CT molecular complexity index is 1600. The first-order valence-corrected chi connectivity index (χ1v) is 14.5. The molecule has 3 saturated heterocycles. The number of nitrogens with zero attached hydrogens (tertiary/aromatic N) is 4. The summed E-state index contributed by atoms with van der Waals surface area (Å²) in [5.41, 5.74) is -2.09. The van der Waals surface area contributed by atoms with Crippen LogP contribution in [0.3, 0.4) is 0 Å². The van der Waals surface area contributed by atoms with E-state index < -0.39 is 35.9 Å². The van der Waals surface area contributed by atoms with Gasteiger partial charge in [-0.3, -0.25) is 24.1 Å². The van der Waals surface area contributed by atoms with Crippen molar-refractivity contribution >= 4 is 39.9 Å². The van der Waals surface area contributed by atoms with Gasteiger partial charge >= 0.3 is 12.4 Å². The van der Waals surface area contributed by atoms with Gasteiger partial charge in [0.25, 0.3) is 11.1 Å². The van der Waals surface area contributed by atoms with Crippen molar-refractivity contribution in [3.8, 4) is 0 Å². The highest BCUT2D eigenvalue weighted by atomic mass is 32.2. The summed E-state index contributed by atoms with van der Waals surface area (Å²) in [6, 6.07) is 6.90. The van der Waals surface area contributed by atoms with Gasteiger partial charge in [0, 0.05) is 24.5 Å². The zero-order valence-electron chi connectivity index (χ0n) is 22.6. The number of thioether (sulfide) groups is 1. The minimum Gasteiger partial charge on any atom is -0.375 e. The summed E-state index contributed by atoms with van der Waals surface area (Å²) in [6.07, 6.45) is -4.11. The number of carbonyl (C=O) groups is 2. The van der Waals surface area contributed by atoms with Gasteiger partial charge in [-0.2, -0.15) is 31.4 Å². The second-order valence-corrected chi connectivity index (χ2v) is 11.8. The zero-order valence-corrected chi connectivity index (χ0v) is 23.4. The molecule has 2 amide bonds. The molecular weight excluding hydrogens is 598 g/mol. The SMILES string of the molecule is O=C1SC(=Cc2ccc3c(cnn3Cc3ccc(C(F)(F)F)cc3C(F)(F)F)c2)C(=O)N1CCC1CN2CCCC2CO1. The highest BCUT2D eigenvalue weighted by Crippen LogP contribution is 2.38. The molecule has 0 bridgehead atoms. The van der Waals surface area contributed by atoms with Crippen LogP contribution in [0, 0.1) is 0 Å². The third kappa shape index (κ3) is 6.18. The lowest BCUT2D eigenvalue weighted by Gasteiger charge is -2.35. The van der Waals surface area contributed by atoms with E-state index in [2.05, 4.69) is 10.00 Å². The van der Waals surface area contributed by atoms with Crippen LogP contribution < -0.4 is 0 Å². The molecular formula is C29H26F6N4O3S. The average molecular weight is 625 g/mol. The Balaban J connectivity index is 1.15. The Morgan fingerprint density at radius 3 is 2.63 bits per heavy atom. The number of carbonyl (C=O) groups excluding carboxylic acids is 2. The highest BCUT2D eigenvalue weighted by Gasteiger charge is 2.39. The number of hydrogen-bond donors (Lipinski definition) is 0. The number of benzene rings is 2. The van der Waals surface area contributed by atoms with Crippen molar-refractivity contribution in [2.75, 3.05) is 26.2 Å². The molecule has 3 aliphatic rings. The van der Waals surface area contributed by atoms with Gasteiger partial charge in [-0.25, -0.2) is 0 Å². The van der Waals surface area contributed by atoms with E-state index in [1.165, 1.54) is 15.8 Å². The Hall–Kier alpha value is -3.36. The fourth-order valence-corrected chi connectivity index (χ4v) is 6.68. The molecule has 2 aromatic carbocycles. The summed E-state index contributed by atoms with van der Waals surface area (Å²) in [7, 11) is 0. The molecule has 3 aromatic rings. The molecule has 1 aromatic heterocycles. The monoisotopic (exact) mass is 624 g/mol. The van der Waals surface area contributed by atoms with E-state index in [9.17, 15) is 35.9 Å². The van der Waals surface area contributed by atoms with Crippen LogP contribution in [0.4, 0.5) is 31.1 Å². The van der Waals surface area contributed by atoms with Crippen molar-refractivity contribution in [2.24, 2.45) is 0 Å². The maximum absolute atomic E-state index is 13.6. The van der Waals surface area contributed by atoms with Crippen molar-refractivity contribution < 1.29 is 40.7 Å². The van der Waals surface area contributed by atoms with Crippen LogP contribution in [0.25, 0.3) is 17.0 Å². The number of hydrogen-bond acceptors (Lipinski definition) is 6. The van der Waals surface area contributed by atoms with Crippen LogP contribution in [-0.4, -0.2) is 69.1 Å². The minimum atomic E-state index is -4.99. The van der Waals surface area contributed by atoms with E-state index in [1.807, 2.05) is 0 Å². The van der Waals surface area contributed by atoms with Gasteiger partial charge in [0.05, 0.1) is 47.0 Å². The van der Waals surface area contributed by atoms with Crippen LogP contribution in [0.5, 0.6) is 0 Å². The van der Waals surface area contributed by atoms with E-state index in [0.29, 0.717) is 41.6 Å². The van der Waals surface area contributed by atoms with Crippen molar-refractivity contribution in [3.63, 3.8) is 0 Å². The van der Waals surface area contributed by atoms with Gasteiger partial charge in [0.1, 0.15) is 0 Å². The number of fused-ring (bicyclic) bond motifs is 2. The zero-order chi connectivity index (χ0) is 30.5. The molecule has 43 heavy (non-hydrogen) atoms. The number of amides is 2. The number of imide groups is 1. The maximum Gasteiger partial charge on any atom is 0.416 e. The first kappa shape index (κ1) is 29.7. The van der Waals surface area contributed by atoms with Crippen molar-refractivity contribution in [3.05, 3.63) is 69.8 Å². The second kappa shape index (κ2) is 11.3. The predicted octanol–water partition coefficient (Wildman–Crippen LogP) is 6.41. The Morgan fingerprint density at radius 2 is 1.86 bits per heavy atom. The normalized spacial score (nSPS) is 22.7. The second-order valence-electron chi connectivity index (χ2n) is 10.9. The van der Waals surface area contributed by atoms with Gasteiger partial charge in [0.2, 0.25) is 0 Å². The number of aromatic nitrogens is 2. The van der Waals surface area contributed by atoms with Crippen molar-refractivity contribution in [2.45, 2.75) is 50.3 Å². The van der Waals surface area contributed by atoms with Gasteiger partial charge in [-0.15, -0.1) is 0 Å². The van der Waals surface area contributed by atoms with Gasteiger partial charge in [0.15, 0.2) is 0 Å². The fourth-order valence-electron chi connectivity index (χ4n) is 5.81. The summed E-state index contributed by atoms with van der Waals surface area (Å²) < 4.78 is 87.2. The lowest BCUT2D eigenvalue weighted by atomic mass is 10.0. The predicted molar refractivity (Wildman–Crippen MR) is 147 cm³/mol. The lowest BCUT2D eigenvalue weighted by molar-refractivity contribution is -0.143. The minimum absolute atomic E-state index is 0.0401. The van der Waals surface area contributed by atoms with Crippen LogP contribution in [0.1, 0.15) is 41.5 Å². The van der Waals surface area contributed by atoms with Gasteiger partial charge in [-0.05, 0) is 79.0 Å². The summed E-state index contributed by atoms with van der Waals surface area (Å²) in [4.78, 5) is 29.5. The molecule has 0 aliphatic carbocycles.